The molecule has 13 heteroatoms. The minimum absolute atomic E-state index is 0.0236. The third-order valence-corrected chi connectivity index (χ3v) is 9.60. The summed E-state index contributed by atoms with van der Waals surface area (Å²) < 4.78 is 40.7. The fourth-order valence-electron chi connectivity index (χ4n) is 4.51. The van der Waals surface area contributed by atoms with Gasteiger partial charge in [0.25, 0.3) is 0 Å². The van der Waals surface area contributed by atoms with Crippen LogP contribution in [0.4, 0.5) is 24.8 Å². The molecule has 5 rings (SSSR count). The zero-order valence-corrected chi connectivity index (χ0v) is 24.1. The first-order valence-electron chi connectivity index (χ1n) is 11.6. The molecular weight excluding hydrogens is 665 g/mol. The van der Waals surface area contributed by atoms with Gasteiger partial charge in [0.2, 0.25) is 0 Å². The van der Waals surface area contributed by atoms with E-state index in [0.29, 0.717) is 49.4 Å². The molecule has 3 N–H and O–H groups in total. The SMILES string of the molecule is Cc1c(Br)c(Nc2cc(C(F)(F)F)ccn2)nc(-c2cnc([C@@]3(O)CCCc4cc(C(=O)O)ccc43)s2)c1Br. The number of hydrogen-bond acceptors (Lipinski definition) is 7. The first-order chi connectivity index (χ1) is 18.4. The molecule has 0 saturated heterocycles. The first-order valence-corrected chi connectivity index (χ1v) is 14.0. The molecule has 0 aliphatic heterocycles. The average molecular weight is 684 g/mol. The van der Waals surface area contributed by atoms with Crippen molar-refractivity contribution in [3.8, 4) is 10.6 Å². The molecule has 0 spiro atoms. The third kappa shape index (κ3) is 5.20. The number of carboxylic acid groups (broad SMARTS) is 1. The number of aromatic nitrogens is 3. The lowest BCUT2D eigenvalue weighted by Crippen LogP contribution is -2.32. The van der Waals surface area contributed by atoms with Gasteiger partial charge in [0.05, 0.1) is 26.2 Å². The van der Waals surface area contributed by atoms with E-state index in [1.54, 1.807) is 18.3 Å². The van der Waals surface area contributed by atoms with Gasteiger partial charge in [0.1, 0.15) is 22.2 Å². The topological polar surface area (TPSA) is 108 Å². The van der Waals surface area contributed by atoms with E-state index in [9.17, 15) is 28.2 Å². The Balaban J connectivity index is 1.53. The van der Waals surface area contributed by atoms with Crippen LogP contribution < -0.4 is 5.32 Å². The summed E-state index contributed by atoms with van der Waals surface area (Å²) in [6.45, 7) is 1.82. The zero-order chi connectivity index (χ0) is 28.1. The quantitative estimate of drug-likeness (QED) is 0.200. The van der Waals surface area contributed by atoms with Gasteiger partial charge in [-0.25, -0.2) is 19.7 Å². The molecule has 0 amide bonds. The van der Waals surface area contributed by atoms with E-state index in [1.165, 1.54) is 17.4 Å². The Kier molecular flexibility index (Phi) is 7.29. The van der Waals surface area contributed by atoms with E-state index in [4.69, 9.17) is 0 Å². The van der Waals surface area contributed by atoms with Crippen molar-refractivity contribution < 1.29 is 28.2 Å². The standard InChI is InChI=1S/C26H19Br2F3N4O3S/c1-12-19(27)21(35-22(20(12)28)34-18-10-15(6-8-32-18)26(29,30)31)17-11-33-24(39-17)25(38)7-2-3-13-9-14(23(36)37)4-5-16(13)25/h4-6,8-11,38H,2-3,7H2,1H3,(H,36,37)(H,32,34,35)/t25-/m1/s1. The molecule has 0 saturated carbocycles. The highest BCUT2D eigenvalue weighted by atomic mass is 79.9. The number of anilines is 2. The molecule has 39 heavy (non-hydrogen) atoms. The normalized spacial score (nSPS) is 17.1. The van der Waals surface area contributed by atoms with Gasteiger partial charge in [0.15, 0.2) is 0 Å². The molecule has 3 aromatic heterocycles. The summed E-state index contributed by atoms with van der Waals surface area (Å²) in [5.41, 5.74) is 0.534. The highest BCUT2D eigenvalue weighted by Gasteiger charge is 2.39. The largest absolute Gasteiger partial charge is 0.478 e. The number of nitrogens with one attached hydrogen (secondary N) is 1. The van der Waals surface area contributed by atoms with Crippen LogP contribution in [0, 0.1) is 6.92 Å². The molecule has 0 unspecified atom stereocenters. The third-order valence-electron chi connectivity index (χ3n) is 6.51. The maximum Gasteiger partial charge on any atom is 0.416 e. The highest BCUT2D eigenvalue weighted by Crippen LogP contribution is 2.46. The van der Waals surface area contributed by atoms with Gasteiger partial charge in [-0.15, -0.1) is 11.3 Å². The van der Waals surface area contributed by atoms with Crippen molar-refractivity contribution in [3.63, 3.8) is 0 Å². The Morgan fingerprint density at radius 2 is 1.92 bits per heavy atom. The number of rotatable bonds is 5. The molecular formula is C26H19Br2F3N4O3S. The minimum atomic E-state index is -4.52. The van der Waals surface area contributed by atoms with Crippen LogP contribution in [-0.2, 0) is 18.2 Å². The van der Waals surface area contributed by atoms with Crippen molar-refractivity contribution in [2.24, 2.45) is 0 Å². The second kappa shape index (κ2) is 10.3. The maximum atomic E-state index is 13.2. The molecule has 7 nitrogen and oxygen atoms in total. The minimum Gasteiger partial charge on any atom is -0.478 e. The van der Waals surface area contributed by atoms with Crippen molar-refractivity contribution >= 4 is 60.8 Å². The molecule has 1 aromatic carbocycles. The van der Waals surface area contributed by atoms with Crippen LogP contribution in [0.2, 0.25) is 0 Å². The molecule has 4 aromatic rings. The summed E-state index contributed by atoms with van der Waals surface area (Å²) in [6.07, 6.45) is -0.139. The van der Waals surface area contributed by atoms with Crippen LogP contribution >= 0.6 is 43.2 Å². The maximum absolute atomic E-state index is 13.2. The fourth-order valence-corrected chi connectivity index (χ4v) is 6.84. The van der Waals surface area contributed by atoms with Crippen LogP contribution in [0.25, 0.3) is 10.6 Å². The number of carboxylic acids is 1. The van der Waals surface area contributed by atoms with E-state index in [2.05, 4.69) is 52.1 Å². The number of thiazole rings is 1. The predicted octanol–water partition coefficient (Wildman–Crippen LogP) is 7.47. The average Bonchev–Trinajstić information content (AvgIpc) is 3.39. The van der Waals surface area contributed by atoms with E-state index < -0.39 is 23.3 Å². The number of carbonyl (C=O) groups is 1. The number of aromatic carboxylic acids is 1. The Morgan fingerprint density at radius 1 is 1.15 bits per heavy atom. The molecule has 3 heterocycles. The second-order valence-electron chi connectivity index (χ2n) is 9.04. The van der Waals surface area contributed by atoms with Crippen molar-refractivity contribution in [2.75, 3.05) is 5.32 Å². The summed E-state index contributed by atoms with van der Waals surface area (Å²) in [6, 6.07) is 6.50. The van der Waals surface area contributed by atoms with E-state index in [1.807, 2.05) is 6.92 Å². The van der Waals surface area contributed by atoms with Crippen LogP contribution in [0.15, 0.2) is 51.7 Å². The smallest absolute Gasteiger partial charge is 0.416 e. The van der Waals surface area contributed by atoms with Gasteiger partial charge < -0.3 is 15.5 Å². The predicted molar refractivity (Wildman–Crippen MR) is 147 cm³/mol. The van der Waals surface area contributed by atoms with E-state index in [-0.39, 0.29) is 17.2 Å². The van der Waals surface area contributed by atoms with Crippen molar-refractivity contribution in [3.05, 3.63) is 84.5 Å². The Labute approximate surface area is 241 Å². The lowest BCUT2D eigenvalue weighted by Gasteiger charge is -2.33. The number of alkyl halides is 3. The van der Waals surface area contributed by atoms with Gasteiger partial charge in [-0.2, -0.15) is 13.2 Å². The van der Waals surface area contributed by atoms with Gasteiger partial charge in [-0.05, 0) is 99.0 Å². The summed E-state index contributed by atoms with van der Waals surface area (Å²) in [5.74, 6) is -0.797. The lowest BCUT2D eigenvalue weighted by atomic mass is 9.79. The highest BCUT2D eigenvalue weighted by molar-refractivity contribution is 9.11. The Morgan fingerprint density at radius 3 is 2.64 bits per heavy atom. The molecule has 0 bridgehead atoms. The molecule has 0 radical (unpaired) electrons. The number of nitrogens with zero attached hydrogens (tertiary/aromatic N) is 3. The van der Waals surface area contributed by atoms with E-state index in [0.717, 1.165) is 29.5 Å². The number of aliphatic hydroxyl groups is 1. The molecule has 202 valence electrons. The molecule has 1 aliphatic carbocycles. The van der Waals surface area contributed by atoms with E-state index >= 15 is 0 Å². The van der Waals surface area contributed by atoms with Gasteiger partial charge >= 0.3 is 12.1 Å². The number of fused-ring (bicyclic) bond motifs is 1. The fraction of sp³-hybridized carbons (Fsp3) is 0.231. The number of aryl methyl sites for hydroxylation is 1. The van der Waals surface area contributed by atoms with Crippen molar-refractivity contribution in [2.45, 2.75) is 38.0 Å². The first kappa shape index (κ1) is 27.7. The number of benzene rings is 1. The van der Waals surface area contributed by atoms with Gasteiger partial charge in [-0.3, -0.25) is 0 Å². The van der Waals surface area contributed by atoms with Gasteiger partial charge in [-0.1, -0.05) is 6.07 Å². The van der Waals surface area contributed by atoms with Crippen LogP contribution in [-0.4, -0.2) is 31.1 Å². The zero-order valence-electron chi connectivity index (χ0n) is 20.1. The van der Waals surface area contributed by atoms with Crippen molar-refractivity contribution in [1.29, 1.82) is 0 Å². The Bertz CT molecular complexity index is 1610. The lowest BCUT2D eigenvalue weighted by molar-refractivity contribution is -0.137. The molecule has 1 aliphatic rings. The molecule has 1 atom stereocenters. The van der Waals surface area contributed by atoms with Crippen molar-refractivity contribution in [1.82, 2.24) is 15.0 Å². The summed E-state index contributed by atoms with van der Waals surface area (Å²) in [7, 11) is 0. The van der Waals surface area contributed by atoms with Crippen LogP contribution in [0.3, 0.4) is 0 Å². The number of hydrogen-bond donors (Lipinski definition) is 3. The van der Waals surface area contributed by atoms with Gasteiger partial charge in [0, 0.05) is 16.9 Å². The summed E-state index contributed by atoms with van der Waals surface area (Å²) >= 11 is 8.27. The number of pyridine rings is 2. The summed E-state index contributed by atoms with van der Waals surface area (Å²) in [4.78, 5) is 25.2. The Hall–Kier alpha value is -2.87. The summed E-state index contributed by atoms with van der Waals surface area (Å²) in [5, 5.41) is 24.4. The number of halogens is 5. The second-order valence-corrected chi connectivity index (χ2v) is 11.7. The molecule has 0 fully saturated rings. The monoisotopic (exact) mass is 682 g/mol. The van der Waals surface area contributed by atoms with Crippen LogP contribution in [0.5, 0.6) is 0 Å². The van der Waals surface area contributed by atoms with Crippen LogP contribution in [0.1, 0.15) is 50.5 Å².